The average Bonchev–Trinajstić information content (AvgIpc) is 3.01. The maximum absolute atomic E-state index is 12.3. The van der Waals surface area contributed by atoms with Crippen molar-refractivity contribution in [2.45, 2.75) is 53.4 Å². The number of H-pyrrole nitrogens is 1. The standard InChI is InChI=1S/C23H28N2O5/c1-5-6-7-8-20(28)25-18-11-9-17(10-12-18)19(27)13-30-23(29)22-14(2)21(16(4)26)15(3)24-22/h9-12,24H,5-8,13H2,1-4H3,(H,25,28). The Kier molecular flexibility index (Phi) is 8.09. The first-order valence-corrected chi connectivity index (χ1v) is 10.0. The van der Waals surface area contributed by atoms with E-state index in [4.69, 9.17) is 4.74 Å². The Morgan fingerprint density at radius 3 is 2.27 bits per heavy atom. The molecule has 7 nitrogen and oxygen atoms in total. The summed E-state index contributed by atoms with van der Waals surface area (Å²) in [6.07, 6.45) is 3.37. The van der Waals surface area contributed by atoms with Gasteiger partial charge in [0.05, 0.1) is 0 Å². The maximum Gasteiger partial charge on any atom is 0.355 e. The molecule has 0 aliphatic carbocycles. The number of nitrogens with one attached hydrogen (secondary N) is 2. The lowest BCUT2D eigenvalue weighted by molar-refractivity contribution is -0.116. The Balaban J connectivity index is 1.92. The Hall–Kier alpha value is -3.22. The van der Waals surface area contributed by atoms with Crippen molar-refractivity contribution in [2.75, 3.05) is 11.9 Å². The molecular weight excluding hydrogens is 384 g/mol. The number of esters is 1. The number of carbonyl (C=O) groups excluding carboxylic acids is 4. The van der Waals surface area contributed by atoms with Crippen LogP contribution in [-0.4, -0.2) is 35.0 Å². The van der Waals surface area contributed by atoms with Crippen molar-refractivity contribution in [3.8, 4) is 0 Å². The number of ether oxygens (including phenoxy) is 1. The van der Waals surface area contributed by atoms with Crippen molar-refractivity contribution < 1.29 is 23.9 Å². The van der Waals surface area contributed by atoms with E-state index in [0.717, 1.165) is 19.3 Å². The predicted octanol–water partition coefficient (Wildman–Crippen LogP) is 4.39. The SMILES string of the molecule is CCCCCC(=O)Nc1ccc(C(=O)COC(=O)c2[nH]c(C)c(C(C)=O)c2C)cc1. The second-order valence-electron chi connectivity index (χ2n) is 7.26. The number of ketones is 2. The first kappa shape index (κ1) is 23.1. The third kappa shape index (κ3) is 5.89. The largest absolute Gasteiger partial charge is 0.453 e. The van der Waals surface area contributed by atoms with Crippen molar-refractivity contribution in [3.63, 3.8) is 0 Å². The summed E-state index contributed by atoms with van der Waals surface area (Å²) in [5.74, 6) is -1.25. The minimum atomic E-state index is -0.688. The molecule has 1 heterocycles. The highest BCUT2D eigenvalue weighted by Gasteiger charge is 2.21. The molecule has 2 N–H and O–H groups in total. The summed E-state index contributed by atoms with van der Waals surface area (Å²) in [4.78, 5) is 51.0. The summed E-state index contributed by atoms with van der Waals surface area (Å²) in [7, 11) is 0. The average molecular weight is 412 g/mol. The van der Waals surface area contributed by atoms with Gasteiger partial charge in [-0.2, -0.15) is 0 Å². The van der Waals surface area contributed by atoms with E-state index in [0.29, 0.717) is 34.5 Å². The van der Waals surface area contributed by atoms with Crippen LogP contribution >= 0.6 is 0 Å². The van der Waals surface area contributed by atoms with Crippen LogP contribution in [0.5, 0.6) is 0 Å². The van der Waals surface area contributed by atoms with Crippen molar-refractivity contribution >= 4 is 29.1 Å². The topological polar surface area (TPSA) is 105 Å². The zero-order valence-corrected chi connectivity index (χ0v) is 17.9. The monoisotopic (exact) mass is 412 g/mol. The maximum atomic E-state index is 12.3. The number of unbranched alkanes of at least 4 members (excludes halogenated alkanes) is 2. The van der Waals surface area contributed by atoms with Crippen LogP contribution in [0.2, 0.25) is 0 Å². The van der Waals surface area contributed by atoms with Crippen LogP contribution in [0, 0.1) is 13.8 Å². The van der Waals surface area contributed by atoms with E-state index >= 15 is 0 Å². The number of benzene rings is 1. The van der Waals surface area contributed by atoms with E-state index in [-0.39, 0.29) is 23.2 Å². The molecule has 2 rings (SSSR count). The molecule has 30 heavy (non-hydrogen) atoms. The molecule has 0 saturated carbocycles. The summed E-state index contributed by atoms with van der Waals surface area (Å²) in [6.45, 7) is 6.45. The van der Waals surface area contributed by atoms with Crippen LogP contribution in [0.3, 0.4) is 0 Å². The van der Waals surface area contributed by atoms with Gasteiger partial charge in [-0.3, -0.25) is 14.4 Å². The lowest BCUT2D eigenvalue weighted by Crippen LogP contribution is -2.15. The third-order valence-electron chi connectivity index (χ3n) is 4.83. The van der Waals surface area contributed by atoms with Gasteiger partial charge in [-0.25, -0.2) is 4.79 Å². The van der Waals surface area contributed by atoms with E-state index in [1.165, 1.54) is 6.92 Å². The van der Waals surface area contributed by atoms with Crippen LogP contribution in [0.1, 0.15) is 82.0 Å². The molecule has 2 aromatic rings. The lowest BCUT2D eigenvalue weighted by Gasteiger charge is -2.07. The zero-order chi connectivity index (χ0) is 22.3. The summed E-state index contributed by atoms with van der Waals surface area (Å²) in [5, 5.41) is 2.79. The summed E-state index contributed by atoms with van der Waals surface area (Å²) < 4.78 is 5.12. The minimum absolute atomic E-state index is 0.0574. The third-order valence-corrected chi connectivity index (χ3v) is 4.83. The van der Waals surface area contributed by atoms with Gasteiger partial charge in [0, 0.05) is 28.9 Å². The number of aromatic nitrogens is 1. The number of hydrogen-bond acceptors (Lipinski definition) is 5. The van der Waals surface area contributed by atoms with E-state index in [1.807, 2.05) is 0 Å². The summed E-state index contributed by atoms with van der Waals surface area (Å²) in [6, 6.07) is 6.44. The van der Waals surface area contributed by atoms with Crippen LogP contribution in [0.25, 0.3) is 0 Å². The van der Waals surface area contributed by atoms with Gasteiger partial charge in [0.2, 0.25) is 5.91 Å². The van der Waals surface area contributed by atoms with Gasteiger partial charge in [0.15, 0.2) is 18.2 Å². The molecule has 1 amide bonds. The highest BCUT2D eigenvalue weighted by Crippen LogP contribution is 2.19. The molecule has 0 spiro atoms. The van der Waals surface area contributed by atoms with Crippen molar-refractivity contribution in [2.24, 2.45) is 0 Å². The predicted molar refractivity (Wildman–Crippen MR) is 114 cm³/mol. The summed E-state index contributed by atoms with van der Waals surface area (Å²) >= 11 is 0. The lowest BCUT2D eigenvalue weighted by atomic mass is 10.1. The molecule has 0 unspecified atom stereocenters. The fourth-order valence-corrected chi connectivity index (χ4v) is 3.27. The Bertz CT molecular complexity index is 941. The van der Waals surface area contributed by atoms with Gasteiger partial charge in [-0.1, -0.05) is 19.8 Å². The van der Waals surface area contributed by atoms with Gasteiger partial charge in [0.1, 0.15) is 5.69 Å². The molecule has 0 aliphatic rings. The second-order valence-corrected chi connectivity index (χ2v) is 7.26. The smallest absolute Gasteiger partial charge is 0.355 e. The molecule has 0 atom stereocenters. The number of hydrogen-bond donors (Lipinski definition) is 2. The number of Topliss-reactive ketones (excluding diaryl/α,β-unsaturated/α-hetero) is 2. The first-order valence-electron chi connectivity index (χ1n) is 10.0. The molecule has 0 radical (unpaired) electrons. The number of carbonyl (C=O) groups is 4. The Morgan fingerprint density at radius 2 is 1.70 bits per heavy atom. The number of aryl methyl sites for hydroxylation is 1. The quantitative estimate of drug-likeness (QED) is 0.342. The van der Waals surface area contributed by atoms with Gasteiger partial charge in [0.25, 0.3) is 0 Å². The Morgan fingerprint density at radius 1 is 1.03 bits per heavy atom. The highest BCUT2D eigenvalue weighted by atomic mass is 16.5. The van der Waals surface area contributed by atoms with Crippen LogP contribution in [0.15, 0.2) is 24.3 Å². The van der Waals surface area contributed by atoms with Gasteiger partial charge < -0.3 is 15.0 Å². The molecule has 0 fully saturated rings. The Labute approximate surface area is 176 Å². The van der Waals surface area contributed by atoms with E-state index in [2.05, 4.69) is 17.2 Å². The number of rotatable bonds is 10. The van der Waals surface area contributed by atoms with E-state index in [1.54, 1.807) is 38.1 Å². The normalized spacial score (nSPS) is 10.5. The number of aromatic amines is 1. The van der Waals surface area contributed by atoms with Gasteiger partial charge >= 0.3 is 5.97 Å². The van der Waals surface area contributed by atoms with Crippen LogP contribution < -0.4 is 5.32 Å². The van der Waals surface area contributed by atoms with Crippen LogP contribution in [-0.2, 0) is 9.53 Å². The van der Waals surface area contributed by atoms with Crippen molar-refractivity contribution in [1.82, 2.24) is 4.98 Å². The fourth-order valence-electron chi connectivity index (χ4n) is 3.27. The molecule has 0 bridgehead atoms. The molecule has 1 aromatic heterocycles. The molecule has 1 aromatic carbocycles. The van der Waals surface area contributed by atoms with Crippen LogP contribution in [0.4, 0.5) is 5.69 Å². The molecule has 0 saturated heterocycles. The molecule has 7 heteroatoms. The summed E-state index contributed by atoms with van der Waals surface area (Å²) in [5.41, 5.74) is 2.71. The van der Waals surface area contributed by atoms with E-state index in [9.17, 15) is 19.2 Å². The van der Waals surface area contributed by atoms with Crippen molar-refractivity contribution in [3.05, 3.63) is 52.3 Å². The zero-order valence-electron chi connectivity index (χ0n) is 17.9. The number of anilines is 1. The number of amides is 1. The minimum Gasteiger partial charge on any atom is -0.453 e. The molecular formula is C23H28N2O5. The highest BCUT2D eigenvalue weighted by molar-refractivity contribution is 6.02. The van der Waals surface area contributed by atoms with Crippen molar-refractivity contribution in [1.29, 1.82) is 0 Å². The molecule has 0 aliphatic heterocycles. The van der Waals surface area contributed by atoms with Gasteiger partial charge in [-0.05, 0) is 57.0 Å². The molecule has 160 valence electrons. The first-order chi connectivity index (χ1) is 14.2. The fraction of sp³-hybridized carbons (Fsp3) is 0.391. The van der Waals surface area contributed by atoms with Gasteiger partial charge in [-0.15, -0.1) is 0 Å². The van der Waals surface area contributed by atoms with E-state index < -0.39 is 12.6 Å². The second kappa shape index (κ2) is 10.5.